The molecule has 0 saturated carbocycles. The van der Waals surface area contributed by atoms with Crippen molar-refractivity contribution in [3.63, 3.8) is 0 Å². The molecule has 3 aromatic rings. The molecule has 1 amide bonds. The van der Waals surface area contributed by atoms with Gasteiger partial charge < -0.3 is 24.5 Å². The van der Waals surface area contributed by atoms with Crippen LogP contribution < -0.4 is 14.8 Å². The van der Waals surface area contributed by atoms with Crippen molar-refractivity contribution >= 4 is 16.8 Å². The minimum absolute atomic E-state index is 0.000668. The van der Waals surface area contributed by atoms with E-state index in [0.717, 1.165) is 29.6 Å². The molecule has 0 bridgehead atoms. The molecule has 1 saturated heterocycles. The zero-order valence-electron chi connectivity index (χ0n) is 18.2. The maximum absolute atomic E-state index is 12.9. The van der Waals surface area contributed by atoms with Gasteiger partial charge in [-0.05, 0) is 42.8 Å². The highest BCUT2D eigenvalue weighted by atomic mass is 16.5. The van der Waals surface area contributed by atoms with E-state index in [0.29, 0.717) is 37.0 Å². The van der Waals surface area contributed by atoms with Crippen LogP contribution in [0, 0.1) is 6.92 Å². The third kappa shape index (κ3) is 4.68. The highest BCUT2D eigenvalue weighted by Crippen LogP contribution is 2.32. The van der Waals surface area contributed by atoms with Gasteiger partial charge in [0.15, 0.2) is 11.5 Å². The fraction of sp³-hybridized carbons (Fsp3) is 0.375. The highest BCUT2D eigenvalue weighted by Gasteiger charge is 2.25. The second-order valence-corrected chi connectivity index (χ2v) is 7.76. The first kappa shape index (κ1) is 21.2. The molecule has 0 aliphatic carbocycles. The summed E-state index contributed by atoms with van der Waals surface area (Å²) in [6.07, 6.45) is 0. The van der Waals surface area contributed by atoms with Crippen LogP contribution in [0.5, 0.6) is 11.5 Å². The Balaban J connectivity index is 1.55. The van der Waals surface area contributed by atoms with E-state index in [1.165, 1.54) is 5.56 Å². The quantitative estimate of drug-likeness (QED) is 0.610. The van der Waals surface area contributed by atoms with Crippen molar-refractivity contribution in [1.82, 2.24) is 15.2 Å². The molecule has 2 N–H and O–H groups in total. The highest BCUT2D eigenvalue weighted by molar-refractivity contribution is 5.98. The normalized spacial score (nSPS) is 15.6. The standard InChI is InChI=1S/C24H29N3O4/c1-16-4-6-19-18(12-16)13-20(26-19)24(28)25-15-21(27-8-10-31-11-9-27)17-5-7-22(29-2)23(14-17)30-3/h4-7,12-14,21,26H,8-11,15H2,1-3H3,(H,25,28). The van der Waals surface area contributed by atoms with Gasteiger partial charge in [0.25, 0.3) is 5.91 Å². The molecule has 2 aromatic carbocycles. The summed E-state index contributed by atoms with van der Waals surface area (Å²) in [6, 6.07) is 13.9. The molecule has 1 aliphatic heterocycles. The molecule has 31 heavy (non-hydrogen) atoms. The summed E-state index contributed by atoms with van der Waals surface area (Å²) < 4.78 is 16.4. The van der Waals surface area contributed by atoms with Crippen molar-refractivity contribution in [1.29, 1.82) is 0 Å². The number of rotatable bonds is 7. The lowest BCUT2D eigenvalue weighted by molar-refractivity contribution is 0.0161. The number of amides is 1. The van der Waals surface area contributed by atoms with Crippen molar-refractivity contribution in [2.75, 3.05) is 47.1 Å². The van der Waals surface area contributed by atoms with Crippen LogP contribution in [0.4, 0.5) is 0 Å². The third-order valence-electron chi connectivity index (χ3n) is 5.76. The maximum Gasteiger partial charge on any atom is 0.267 e. The monoisotopic (exact) mass is 423 g/mol. The molecule has 4 rings (SSSR count). The number of H-pyrrole nitrogens is 1. The second kappa shape index (κ2) is 9.41. The molecule has 1 atom stereocenters. The molecule has 1 aliphatic rings. The number of carbonyl (C=O) groups excluding carboxylic acids is 1. The smallest absolute Gasteiger partial charge is 0.267 e. The van der Waals surface area contributed by atoms with E-state index in [2.05, 4.69) is 21.3 Å². The molecule has 1 fully saturated rings. The number of nitrogens with zero attached hydrogens (tertiary/aromatic N) is 1. The van der Waals surface area contributed by atoms with Gasteiger partial charge in [0.2, 0.25) is 0 Å². The Bertz CT molecular complexity index is 1060. The van der Waals surface area contributed by atoms with Gasteiger partial charge >= 0.3 is 0 Å². The van der Waals surface area contributed by atoms with Crippen molar-refractivity contribution < 1.29 is 19.0 Å². The summed E-state index contributed by atoms with van der Waals surface area (Å²) in [5.74, 6) is 1.24. The number of methoxy groups -OCH3 is 2. The number of morpholine rings is 1. The number of fused-ring (bicyclic) bond motifs is 1. The van der Waals surface area contributed by atoms with Crippen LogP contribution in [-0.2, 0) is 4.74 Å². The lowest BCUT2D eigenvalue weighted by Gasteiger charge is -2.35. The van der Waals surface area contributed by atoms with Crippen molar-refractivity contribution in [2.24, 2.45) is 0 Å². The number of hydrogen-bond acceptors (Lipinski definition) is 5. The van der Waals surface area contributed by atoms with Crippen molar-refractivity contribution in [3.8, 4) is 11.5 Å². The molecular formula is C24H29N3O4. The molecule has 7 heteroatoms. The van der Waals surface area contributed by atoms with Crippen LogP contribution in [0.3, 0.4) is 0 Å². The number of hydrogen-bond donors (Lipinski definition) is 2. The lowest BCUT2D eigenvalue weighted by Crippen LogP contribution is -2.43. The fourth-order valence-electron chi connectivity index (χ4n) is 4.07. The van der Waals surface area contributed by atoms with Gasteiger partial charge in [-0.25, -0.2) is 0 Å². The predicted octanol–water partition coefficient (Wildman–Crippen LogP) is 3.30. The molecule has 7 nitrogen and oxygen atoms in total. The van der Waals surface area contributed by atoms with E-state index in [-0.39, 0.29) is 11.9 Å². The Morgan fingerprint density at radius 2 is 1.87 bits per heavy atom. The maximum atomic E-state index is 12.9. The van der Waals surface area contributed by atoms with Crippen LogP contribution in [0.25, 0.3) is 10.9 Å². The van der Waals surface area contributed by atoms with E-state index < -0.39 is 0 Å². The first-order chi connectivity index (χ1) is 15.1. The summed E-state index contributed by atoms with van der Waals surface area (Å²) in [5, 5.41) is 4.15. The van der Waals surface area contributed by atoms with Gasteiger partial charge in [-0.3, -0.25) is 9.69 Å². The van der Waals surface area contributed by atoms with Crippen LogP contribution in [0.15, 0.2) is 42.5 Å². The predicted molar refractivity (Wildman–Crippen MR) is 120 cm³/mol. The zero-order valence-corrected chi connectivity index (χ0v) is 18.2. The molecule has 1 unspecified atom stereocenters. The Labute approximate surface area is 182 Å². The van der Waals surface area contributed by atoms with E-state index >= 15 is 0 Å². The molecule has 1 aromatic heterocycles. The van der Waals surface area contributed by atoms with Gasteiger partial charge in [0.1, 0.15) is 5.69 Å². The van der Waals surface area contributed by atoms with Gasteiger partial charge in [0.05, 0.1) is 33.5 Å². The number of benzene rings is 2. The molecule has 164 valence electrons. The summed E-state index contributed by atoms with van der Waals surface area (Å²) in [4.78, 5) is 18.5. The first-order valence-corrected chi connectivity index (χ1v) is 10.5. The van der Waals surface area contributed by atoms with Crippen LogP contribution in [0.1, 0.15) is 27.7 Å². The molecule has 2 heterocycles. The number of aryl methyl sites for hydroxylation is 1. The average molecular weight is 424 g/mol. The van der Waals surface area contributed by atoms with Crippen LogP contribution >= 0.6 is 0 Å². The number of nitrogens with one attached hydrogen (secondary N) is 2. The number of aromatic nitrogens is 1. The first-order valence-electron chi connectivity index (χ1n) is 10.5. The Kier molecular flexibility index (Phi) is 6.44. The average Bonchev–Trinajstić information content (AvgIpc) is 3.23. The SMILES string of the molecule is COc1ccc(C(CNC(=O)c2cc3cc(C)ccc3[nH]2)N2CCOCC2)cc1OC. The van der Waals surface area contributed by atoms with Crippen molar-refractivity contribution in [3.05, 3.63) is 59.3 Å². The molecule has 0 spiro atoms. The Morgan fingerprint density at radius 1 is 1.10 bits per heavy atom. The van der Waals surface area contributed by atoms with Gasteiger partial charge in [-0.2, -0.15) is 0 Å². The van der Waals surface area contributed by atoms with Gasteiger partial charge in [0, 0.05) is 30.5 Å². The van der Waals surface area contributed by atoms with Gasteiger partial charge in [-0.1, -0.05) is 17.7 Å². The topological polar surface area (TPSA) is 75.8 Å². The van der Waals surface area contributed by atoms with Gasteiger partial charge in [-0.15, -0.1) is 0 Å². The lowest BCUT2D eigenvalue weighted by atomic mass is 10.0. The van der Waals surface area contributed by atoms with Crippen LogP contribution in [0.2, 0.25) is 0 Å². The van der Waals surface area contributed by atoms with E-state index in [4.69, 9.17) is 14.2 Å². The number of aromatic amines is 1. The summed E-state index contributed by atoms with van der Waals surface area (Å²) in [6.45, 7) is 5.49. The fourth-order valence-corrected chi connectivity index (χ4v) is 4.07. The van der Waals surface area contributed by atoms with E-state index in [9.17, 15) is 4.79 Å². The largest absolute Gasteiger partial charge is 0.493 e. The minimum Gasteiger partial charge on any atom is -0.493 e. The minimum atomic E-state index is -0.118. The summed E-state index contributed by atoms with van der Waals surface area (Å²) in [7, 11) is 3.25. The summed E-state index contributed by atoms with van der Waals surface area (Å²) in [5.41, 5.74) is 3.75. The molecular weight excluding hydrogens is 394 g/mol. The number of ether oxygens (including phenoxy) is 3. The van der Waals surface area contributed by atoms with Crippen LogP contribution in [-0.4, -0.2) is 62.9 Å². The second-order valence-electron chi connectivity index (χ2n) is 7.76. The molecule has 0 radical (unpaired) electrons. The Morgan fingerprint density at radius 3 is 2.61 bits per heavy atom. The van der Waals surface area contributed by atoms with E-state index in [1.807, 2.05) is 43.3 Å². The van der Waals surface area contributed by atoms with E-state index in [1.54, 1.807) is 14.2 Å². The number of carbonyl (C=O) groups is 1. The summed E-state index contributed by atoms with van der Waals surface area (Å²) >= 11 is 0. The van der Waals surface area contributed by atoms with Crippen molar-refractivity contribution in [2.45, 2.75) is 13.0 Å². The third-order valence-corrected chi connectivity index (χ3v) is 5.76. The Hall–Kier alpha value is -3.03. The zero-order chi connectivity index (χ0) is 21.8.